The molecule has 0 spiro atoms. The van der Waals surface area contributed by atoms with Crippen molar-refractivity contribution in [3.05, 3.63) is 0 Å². The smallest absolute Gasteiger partial charge is 0.0542 e. The maximum Gasteiger partial charge on any atom is 0.0542 e. The summed E-state index contributed by atoms with van der Waals surface area (Å²) in [6.45, 7) is 10.6. The molecule has 2 atom stereocenters. The molecule has 0 aliphatic heterocycles. The quantitative estimate of drug-likeness (QED) is 0.124. The summed E-state index contributed by atoms with van der Waals surface area (Å²) < 4.78 is 5.81. The Morgan fingerprint density at radius 3 is 1.00 bits per heavy atom. The van der Waals surface area contributed by atoms with Crippen LogP contribution < -0.4 is 0 Å². The van der Waals surface area contributed by atoms with Crippen LogP contribution in [0.15, 0.2) is 0 Å². The molecule has 0 heterocycles. The lowest BCUT2D eigenvalue weighted by molar-refractivity contribution is 0.125. The van der Waals surface area contributed by atoms with Gasteiger partial charge in [-0.05, 0) is 50.4 Å². The Labute approximate surface area is 208 Å². The summed E-state index contributed by atoms with van der Waals surface area (Å²) in [5.74, 6) is 1.21. The van der Waals surface area contributed by atoms with E-state index in [-0.39, 0.29) is 12.2 Å². The van der Waals surface area contributed by atoms with Crippen molar-refractivity contribution < 1.29 is 14.9 Å². The lowest BCUT2D eigenvalue weighted by atomic mass is 10.00. The van der Waals surface area contributed by atoms with Gasteiger partial charge >= 0.3 is 0 Å². The third kappa shape index (κ3) is 28.0. The zero-order chi connectivity index (χ0) is 24.6. The van der Waals surface area contributed by atoms with Crippen LogP contribution in [0.4, 0.5) is 0 Å². The van der Waals surface area contributed by atoms with Crippen LogP contribution >= 0.6 is 0 Å². The van der Waals surface area contributed by atoms with Crippen LogP contribution in [0.25, 0.3) is 0 Å². The first kappa shape index (κ1) is 32.9. The Balaban J connectivity index is 3.12. The van der Waals surface area contributed by atoms with Gasteiger partial charge in [0.15, 0.2) is 0 Å². The van der Waals surface area contributed by atoms with Crippen LogP contribution in [0.3, 0.4) is 0 Å². The third-order valence-electron chi connectivity index (χ3n) is 6.64. The molecule has 0 saturated carbocycles. The minimum absolute atomic E-state index is 0.0827. The minimum atomic E-state index is -0.0827. The standard InChI is InChI=1S/C30H62O3/c1-27(2)25-29(31)21-17-13-9-5-7-11-15-19-23-33-24-20-16-12-8-6-10-14-18-22-30(32)26-28(3)4/h27-32H,5-26H2,1-4H3. The van der Waals surface area contributed by atoms with Crippen LogP contribution in [-0.4, -0.2) is 35.6 Å². The van der Waals surface area contributed by atoms with Crippen molar-refractivity contribution in [2.24, 2.45) is 11.8 Å². The van der Waals surface area contributed by atoms with E-state index in [1.54, 1.807) is 0 Å². The van der Waals surface area contributed by atoms with E-state index in [4.69, 9.17) is 4.74 Å². The van der Waals surface area contributed by atoms with E-state index < -0.39 is 0 Å². The molecule has 0 aromatic carbocycles. The summed E-state index contributed by atoms with van der Waals surface area (Å²) in [6, 6.07) is 0. The minimum Gasteiger partial charge on any atom is -0.393 e. The largest absolute Gasteiger partial charge is 0.393 e. The molecule has 0 radical (unpaired) electrons. The molecule has 33 heavy (non-hydrogen) atoms. The van der Waals surface area contributed by atoms with Crippen molar-refractivity contribution in [2.75, 3.05) is 13.2 Å². The van der Waals surface area contributed by atoms with Gasteiger partial charge in [0.25, 0.3) is 0 Å². The molecule has 0 fully saturated rings. The normalized spacial score (nSPS) is 13.8. The van der Waals surface area contributed by atoms with Gasteiger partial charge in [-0.15, -0.1) is 0 Å². The molecule has 200 valence electrons. The SMILES string of the molecule is CC(C)CC(O)CCCCCCCCCCOCCCCCCCCCCC(O)CC(C)C. The second-order valence-corrected chi connectivity index (χ2v) is 11.4. The van der Waals surface area contributed by atoms with Crippen molar-refractivity contribution >= 4 is 0 Å². The lowest BCUT2D eigenvalue weighted by Crippen LogP contribution is -2.09. The van der Waals surface area contributed by atoms with Crippen molar-refractivity contribution in [3.63, 3.8) is 0 Å². The molecule has 0 saturated heterocycles. The summed E-state index contributed by atoms with van der Waals surface area (Å²) in [5.41, 5.74) is 0. The molecule has 0 aromatic heterocycles. The van der Waals surface area contributed by atoms with Gasteiger partial charge in [-0.2, -0.15) is 0 Å². The predicted octanol–water partition coefficient (Wildman–Crippen LogP) is 8.84. The number of rotatable bonds is 26. The van der Waals surface area contributed by atoms with Crippen molar-refractivity contribution in [2.45, 2.75) is 168 Å². The van der Waals surface area contributed by atoms with Gasteiger partial charge in [0.2, 0.25) is 0 Å². The predicted molar refractivity (Wildman–Crippen MR) is 145 cm³/mol. The van der Waals surface area contributed by atoms with Crippen LogP contribution in [-0.2, 0) is 4.74 Å². The summed E-state index contributed by atoms with van der Waals surface area (Å²) in [5, 5.41) is 19.8. The average Bonchev–Trinajstić information content (AvgIpc) is 2.73. The monoisotopic (exact) mass is 470 g/mol. The maximum absolute atomic E-state index is 9.89. The first-order valence-electron chi connectivity index (χ1n) is 14.9. The van der Waals surface area contributed by atoms with Gasteiger partial charge < -0.3 is 14.9 Å². The van der Waals surface area contributed by atoms with E-state index in [0.717, 1.165) is 38.9 Å². The Hall–Kier alpha value is -0.120. The Bertz CT molecular complexity index is 336. The highest BCUT2D eigenvalue weighted by Gasteiger charge is 2.07. The molecule has 0 aliphatic carbocycles. The summed E-state index contributed by atoms with van der Waals surface area (Å²) in [7, 11) is 0. The fourth-order valence-corrected chi connectivity index (χ4v) is 4.72. The molecule has 3 heteroatoms. The van der Waals surface area contributed by atoms with Gasteiger partial charge in [0, 0.05) is 13.2 Å². The Morgan fingerprint density at radius 1 is 0.424 bits per heavy atom. The molecule has 2 N–H and O–H groups in total. The third-order valence-corrected chi connectivity index (χ3v) is 6.64. The van der Waals surface area contributed by atoms with Crippen LogP contribution in [0.2, 0.25) is 0 Å². The van der Waals surface area contributed by atoms with E-state index in [2.05, 4.69) is 27.7 Å². The maximum atomic E-state index is 9.89. The van der Waals surface area contributed by atoms with Crippen molar-refractivity contribution in [1.29, 1.82) is 0 Å². The number of hydrogen-bond acceptors (Lipinski definition) is 3. The van der Waals surface area contributed by atoms with Crippen LogP contribution in [0, 0.1) is 11.8 Å². The zero-order valence-electron chi connectivity index (χ0n) is 23.2. The average molecular weight is 471 g/mol. The van der Waals surface area contributed by atoms with Gasteiger partial charge in [-0.1, -0.05) is 118 Å². The second-order valence-electron chi connectivity index (χ2n) is 11.4. The zero-order valence-corrected chi connectivity index (χ0v) is 23.2. The lowest BCUT2D eigenvalue weighted by Gasteiger charge is -2.12. The van der Waals surface area contributed by atoms with E-state index in [1.807, 2.05) is 0 Å². The second kappa shape index (κ2) is 25.0. The van der Waals surface area contributed by atoms with E-state index >= 15 is 0 Å². The van der Waals surface area contributed by atoms with E-state index in [1.165, 1.54) is 103 Å². The number of hydrogen-bond donors (Lipinski definition) is 2. The molecule has 3 nitrogen and oxygen atoms in total. The molecule has 0 rings (SSSR count). The van der Waals surface area contributed by atoms with E-state index in [9.17, 15) is 10.2 Å². The molecule has 0 bridgehead atoms. The molecular weight excluding hydrogens is 408 g/mol. The van der Waals surface area contributed by atoms with Gasteiger partial charge in [0.05, 0.1) is 12.2 Å². The molecule has 0 amide bonds. The molecular formula is C30H62O3. The fourth-order valence-electron chi connectivity index (χ4n) is 4.72. The Morgan fingerprint density at radius 2 is 0.697 bits per heavy atom. The molecule has 2 unspecified atom stereocenters. The van der Waals surface area contributed by atoms with Gasteiger partial charge in [-0.25, -0.2) is 0 Å². The van der Waals surface area contributed by atoms with Gasteiger partial charge in [0.1, 0.15) is 0 Å². The highest BCUT2D eigenvalue weighted by Crippen LogP contribution is 2.15. The summed E-state index contributed by atoms with van der Waals surface area (Å²) >= 11 is 0. The number of aliphatic hydroxyl groups excluding tert-OH is 2. The Kier molecular flexibility index (Phi) is 24.9. The number of unbranched alkanes of at least 4 members (excludes halogenated alkanes) is 14. The van der Waals surface area contributed by atoms with Crippen LogP contribution in [0.5, 0.6) is 0 Å². The summed E-state index contributed by atoms with van der Waals surface area (Å²) in [6.07, 6.45) is 24.4. The molecule has 0 aromatic rings. The number of aliphatic hydroxyl groups is 2. The van der Waals surface area contributed by atoms with Crippen LogP contribution in [0.1, 0.15) is 156 Å². The summed E-state index contributed by atoms with van der Waals surface area (Å²) in [4.78, 5) is 0. The van der Waals surface area contributed by atoms with Gasteiger partial charge in [-0.3, -0.25) is 0 Å². The first-order valence-corrected chi connectivity index (χ1v) is 14.9. The van der Waals surface area contributed by atoms with Crippen molar-refractivity contribution in [1.82, 2.24) is 0 Å². The highest BCUT2D eigenvalue weighted by molar-refractivity contribution is 4.60. The number of ether oxygens (including phenoxy) is 1. The topological polar surface area (TPSA) is 49.7 Å². The van der Waals surface area contributed by atoms with Crippen molar-refractivity contribution in [3.8, 4) is 0 Å². The highest BCUT2D eigenvalue weighted by atomic mass is 16.5. The fraction of sp³-hybridized carbons (Fsp3) is 1.00. The first-order chi connectivity index (χ1) is 15.9. The molecule has 0 aliphatic rings. The van der Waals surface area contributed by atoms with E-state index in [0.29, 0.717) is 11.8 Å².